The molecule has 0 aliphatic carbocycles. The molecule has 3 rings (SSSR count). The maximum atomic E-state index is 9.22. The first-order valence-corrected chi connectivity index (χ1v) is 8.48. The lowest BCUT2D eigenvalue weighted by atomic mass is 9.99. The molecule has 0 aliphatic rings. The lowest BCUT2D eigenvalue weighted by molar-refractivity contribution is 0.319. The first-order chi connectivity index (χ1) is 11.3. The molecule has 2 aromatic carbocycles. The second-order valence-corrected chi connectivity index (χ2v) is 6.44. The lowest BCUT2D eigenvalue weighted by Gasteiger charge is -2.16. The molecule has 2 nitrogen and oxygen atoms in total. The van der Waals surface area contributed by atoms with Gasteiger partial charge in [-0.2, -0.15) is 16.6 Å². The van der Waals surface area contributed by atoms with Crippen LogP contribution in [-0.4, -0.2) is 11.9 Å². The fourth-order valence-electron chi connectivity index (χ4n) is 2.68. The summed E-state index contributed by atoms with van der Waals surface area (Å²) in [5.41, 5.74) is 5.44. The fraction of sp³-hybridized carbons (Fsp3) is 0.150. The van der Waals surface area contributed by atoms with Gasteiger partial charge in [-0.25, -0.2) is 0 Å². The van der Waals surface area contributed by atoms with Crippen molar-refractivity contribution in [2.24, 2.45) is 0 Å². The van der Waals surface area contributed by atoms with Gasteiger partial charge < -0.3 is 0 Å². The lowest BCUT2D eigenvalue weighted by Crippen LogP contribution is -2.16. The van der Waals surface area contributed by atoms with E-state index in [4.69, 9.17) is 0 Å². The Morgan fingerprint density at radius 3 is 2.39 bits per heavy atom. The highest BCUT2D eigenvalue weighted by molar-refractivity contribution is 7.07. The monoisotopic (exact) mass is 318 g/mol. The quantitative estimate of drug-likeness (QED) is 0.667. The number of benzene rings is 2. The summed E-state index contributed by atoms with van der Waals surface area (Å²) in [6, 6.07) is 20.6. The van der Waals surface area contributed by atoms with E-state index in [1.807, 2.05) is 24.3 Å². The van der Waals surface area contributed by atoms with Crippen molar-refractivity contribution in [1.29, 1.82) is 5.26 Å². The summed E-state index contributed by atoms with van der Waals surface area (Å²) >= 11 is 1.74. The largest absolute Gasteiger partial charge is 0.298 e. The third-order valence-electron chi connectivity index (χ3n) is 3.80. The maximum absolute atomic E-state index is 9.22. The molecule has 0 atom stereocenters. The summed E-state index contributed by atoms with van der Waals surface area (Å²) in [5.74, 6) is 0. The molecule has 0 saturated heterocycles. The van der Waals surface area contributed by atoms with Crippen LogP contribution in [0.4, 0.5) is 0 Å². The van der Waals surface area contributed by atoms with Crippen LogP contribution in [0, 0.1) is 11.3 Å². The van der Waals surface area contributed by atoms with E-state index in [1.165, 1.54) is 11.1 Å². The zero-order valence-electron chi connectivity index (χ0n) is 13.1. The van der Waals surface area contributed by atoms with E-state index >= 15 is 0 Å². The number of nitrogens with zero attached hydrogens (tertiary/aromatic N) is 2. The highest BCUT2D eigenvalue weighted by atomic mass is 32.1. The van der Waals surface area contributed by atoms with Crippen LogP contribution in [0.1, 0.15) is 16.7 Å². The summed E-state index contributed by atoms with van der Waals surface area (Å²) in [6.45, 7) is 1.87. The second-order valence-electron chi connectivity index (χ2n) is 5.66. The Balaban J connectivity index is 1.71. The van der Waals surface area contributed by atoms with Gasteiger partial charge in [0.05, 0.1) is 11.6 Å². The van der Waals surface area contributed by atoms with E-state index in [-0.39, 0.29) is 0 Å². The predicted octanol–water partition coefficient (Wildman–Crippen LogP) is 4.92. The molecule has 0 aliphatic heterocycles. The molecule has 0 fully saturated rings. The molecule has 1 aromatic heterocycles. The Kier molecular flexibility index (Phi) is 4.87. The Morgan fingerprint density at radius 1 is 0.957 bits per heavy atom. The Labute approximate surface area is 141 Å². The molecule has 0 amide bonds. The number of rotatable bonds is 5. The zero-order valence-corrected chi connectivity index (χ0v) is 13.9. The standard InChI is InChI=1S/C20H18N2S/c1-22(14-17-10-11-23-15-17)13-16-6-8-18(9-7-16)20-5-3-2-4-19(20)12-21/h2-11,15H,13-14H2,1H3. The van der Waals surface area contributed by atoms with Gasteiger partial charge in [-0.15, -0.1) is 0 Å². The molecule has 114 valence electrons. The van der Waals surface area contributed by atoms with Crippen molar-refractivity contribution in [3.63, 3.8) is 0 Å². The van der Waals surface area contributed by atoms with Gasteiger partial charge in [-0.3, -0.25) is 4.90 Å². The minimum Gasteiger partial charge on any atom is -0.298 e. The van der Waals surface area contributed by atoms with E-state index in [0.717, 1.165) is 29.8 Å². The van der Waals surface area contributed by atoms with Crippen LogP contribution in [0.5, 0.6) is 0 Å². The van der Waals surface area contributed by atoms with Gasteiger partial charge in [0.1, 0.15) is 0 Å². The van der Waals surface area contributed by atoms with Crippen LogP contribution < -0.4 is 0 Å². The summed E-state index contributed by atoms with van der Waals surface area (Å²) in [5, 5.41) is 13.5. The van der Waals surface area contributed by atoms with Gasteiger partial charge >= 0.3 is 0 Å². The van der Waals surface area contributed by atoms with Crippen LogP contribution in [0.2, 0.25) is 0 Å². The van der Waals surface area contributed by atoms with E-state index in [0.29, 0.717) is 0 Å². The van der Waals surface area contributed by atoms with Gasteiger partial charge in [-0.05, 0) is 52.2 Å². The van der Waals surface area contributed by atoms with E-state index in [1.54, 1.807) is 11.3 Å². The molecule has 0 bridgehead atoms. The van der Waals surface area contributed by atoms with Crippen molar-refractivity contribution < 1.29 is 0 Å². The number of nitriles is 1. The SMILES string of the molecule is CN(Cc1ccc(-c2ccccc2C#N)cc1)Cc1ccsc1. The van der Waals surface area contributed by atoms with Crippen molar-refractivity contribution in [2.45, 2.75) is 13.1 Å². The molecule has 0 radical (unpaired) electrons. The Morgan fingerprint density at radius 2 is 1.70 bits per heavy atom. The van der Waals surface area contributed by atoms with Gasteiger partial charge in [0, 0.05) is 13.1 Å². The summed E-state index contributed by atoms with van der Waals surface area (Å²) < 4.78 is 0. The van der Waals surface area contributed by atoms with Crippen LogP contribution in [0.25, 0.3) is 11.1 Å². The van der Waals surface area contributed by atoms with Crippen molar-refractivity contribution in [1.82, 2.24) is 4.90 Å². The molecule has 0 saturated carbocycles. The number of hydrogen-bond donors (Lipinski definition) is 0. The Bertz CT molecular complexity index is 798. The van der Waals surface area contributed by atoms with Crippen LogP contribution in [0.3, 0.4) is 0 Å². The van der Waals surface area contributed by atoms with Crippen molar-refractivity contribution in [3.05, 3.63) is 82.0 Å². The molecule has 1 heterocycles. The maximum Gasteiger partial charge on any atom is 0.0998 e. The van der Waals surface area contributed by atoms with E-state index in [9.17, 15) is 5.26 Å². The molecule has 0 spiro atoms. The van der Waals surface area contributed by atoms with Crippen LogP contribution >= 0.6 is 11.3 Å². The zero-order chi connectivity index (χ0) is 16.1. The topological polar surface area (TPSA) is 27.0 Å². The van der Waals surface area contributed by atoms with Gasteiger partial charge in [0.25, 0.3) is 0 Å². The van der Waals surface area contributed by atoms with Gasteiger partial charge in [0.2, 0.25) is 0 Å². The number of hydrogen-bond acceptors (Lipinski definition) is 3. The van der Waals surface area contributed by atoms with Crippen molar-refractivity contribution >= 4 is 11.3 Å². The predicted molar refractivity (Wildman–Crippen MR) is 96.1 cm³/mol. The molecule has 0 unspecified atom stereocenters. The first-order valence-electron chi connectivity index (χ1n) is 7.54. The summed E-state index contributed by atoms with van der Waals surface area (Å²) in [7, 11) is 2.14. The normalized spacial score (nSPS) is 10.7. The number of thiophene rings is 1. The minimum absolute atomic E-state index is 0.717. The Hall–Kier alpha value is -2.41. The van der Waals surface area contributed by atoms with Crippen molar-refractivity contribution in [3.8, 4) is 17.2 Å². The van der Waals surface area contributed by atoms with Gasteiger partial charge in [0.15, 0.2) is 0 Å². The summed E-state index contributed by atoms with van der Waals surface area (Å²) in [4.78, 5) is 2.31. The highest BCUT2D eigenvalue weighted by Gasteiger charge is 2.05. The molecule has 3 aromatic rings. The van der Waals surface area contributed by atoms with Crippen LogP contribution in [0.15, 0.2) is 65.4 Å². The fourth-order valence-corrected chi connectivity index (χ4v) is 3.34. The van der Waals surface area contributed by atoms with E-state index in [2.05, 4.69) is 59.1 Å². The molecular weight excluding hydrogens is 300 g/mol. The average Bonchev–Trinajstić information content (AvgIpc) is 3.08. The van der Waals surface area contributed by atoms with Crippen LogP contribution in [-0.2, 0) is 13.1 Å². The molecule has 3 heteroatoms. The van der Waals surface area contributed by atoms with Gasteiger partial charge in [-0.1, -0.05) is 42.5 Å². The minimum atomic E-state index is 0.717. The molecule has 23 heavy (non-hydrogen) atoms. The third-order valence-corrected chi connectivity index (χ3v) is 4.53. The smallest absolute Gasteiger partial charge is 0.0998 e. The highest BCUT2D eigenvalue weighted by Crippen LogP contribution is 2.23. The third kappa shape index (κ3) is 3.87. The average molecular weight is 318 g/mol. The van der Waals surface area contributed by atoms with Crippen molar-refractivity contribution in [2.75, 3.05) is 7.05 Å². The first kappa shape index (κ1) is 15.5. The second kappa shape index (κ2) is 7.23. The molecular formula is C20H18N2S. The summed E-state index contributed by atoms with van der Waals surface area (Å²) in [6.07, 6.45) is 0. The molecule has 0 N–H and O–H groups in total. The van der Waals surface area contributed by atoms with E-state index < -0.39 is 0 Å².